The van der Waals surface area contributed by atoms with E-state index < -0.39 is 0 Å². The molecular weight excluding hydrogens is 350 g/mol. The van der Waals surface area contributed by atoms with E-state index >= 15 is 0 Å². The van der Waals surface area contributed by atoms with Crippen molar-refractivity contribution < 1.29 is 4.74 Å². The molecule has 1 aliphatic rings. The number of para-hydroxylation sites is 3. The van der Waals surface area contributed by atoms with Crippen LogP contribution >= 0.6 is 0 Å². The minimum absolute atomic E-state index is 0.584. The lowest BCUT2D eigenvalue weighted by Crippen LogP contribution is -2.36. The number of morpholine rings is 1. The van der Waals surface area contributed by atoms with E-state index in [2.05, 4.69) is 56.7 Å². The molecule has 2 N–H and O–H groups in total. The molecule has 0 atom stereocenters. The predicted molar refractivity (Wildman–Crippen MR) is 114 cm³/mol. The summed E-state index contributed by atoms with van der Waals surface area (Å²) in [5, 5.41) is 6.81. The number of aryl methyl sites for hydroxylation is 2. The Balaban J connectivity index is 1.59. The van der Waals surface area contributed by atoms with Gasteiger partial charge in [0.05, 0.1) is 24.6 Å². The first-order chi connectivity index (χ1) is 13.7. The molecule has 3 aromatic rings. The van der Waals surface area contributed by atoms with Crippen LogP contribution in [-0.2, 0) is 4.74 Å². The maximum Gasteiger partial charge on any atom is 0.229 e. The number of hydrogen-bond acceptors (Lipinski definition) is 6. The fraction of sp³-hybridized carbons (Fsp3) is 0.273. The lowest BCUT2D eigenvalue weighted by molar-refractivity contribution is 0.123. The van der Waals surface area contributed by atoms with Gasteiger partial charge in [0.15, 0.2) is 0 Å². The van der Waals surface area contributed by atoms with Crippen LogP contribution in [0.25, 0.3) is 0 Å². The first-order valence-electron chi connectivity index (χ1n) is 9.56. The van der Waals surface area contributed by atoms with Crippen LogP contribution in [0.4, 0.5) is 28.8 Å². The largest absolute Gasteiger partial charge is 0.378 e. The van der Waals surface area contributed by atoms with E-state index in [4.69, 9.17) is 4.74 Å². The topological polar surface area (TPSA) is 62.3 Å². The third kappa shape index (κ3) is 4.23. The van der Waals surface area contributed by atoms with E-state index in [1.807, 2.05) is 37.3 Å². The Morgan fingerprint density at radius 2 is 1.57 bits per heavy atom. The number of hydrogen-bond donors (Lipinski definition) is 2. The second kappa shape index (κ2) is 8.27. The summed E-state index contributed by atoms with van der Waals surface area (Å²) >= 11 is 0. The van der Waals surface area contributed by atoms with Crippen LogP contribution < -0.4 is 15.5 Å². The average Bonchev–Trinajstić information content (AvgIpc) is 2.70. The molecule has 1 fully saturated rings. The molecule has 2 aromatic carbocycles. The molecule has 2 heterocycles. The van der Waals surface area contributed by atoms with Gasteiger partial charge < -0.3 is 20.3 Å². The second-order valence-electron chi connectivity index (χ2n) is 6.90. The minimum atomic E-state index is 0.584. The Labute approximate surface area is 165 Å². The van der Waals surface area contributed by atoms with Crippen molar-refractivity contribution in [1.82, 2.24) is 9.97 Å². The molecule has 0 spiro atoms. The molecule has 1 aromatic heterocycles. The van der Waals surface area contributed by atoms with Crippen LogP contribution in [0.15, 0.2) is 54.6 Å². The van der Waals surface area contributed by atoms with Gasteiger partial charge in [0.1, 0.15) is 5.82 Å². The first-order valence-corrected chi connectivity index (χ1v) is 9.56. The highest BCUT2D eigenvalue weighted by molar-refractivity contribution is 5.75. The molecule has 1 aliphatic heterocycles. The Hall–Kier alpha value is -3.12. The summed E-state index contributed by atoms with van der Waals surface area (Å²) in [6.45, 7) is 7.33. The summed E-state index contributed by atoms with van der Waals surface area (Å²) in [5.74, 6) is 1.35. The monoisotopic (exact) mass is 375 g/mol. The number of nitrogens with zero attached hydrogens (tertiary/aromatic N) is 3. The predicted octanol–water partition coefficient (Wildman–Crippen LogP) is 4.42. The summed E-state index contributed by atoms with van der Waals surface area (Å²) in [6, 6.07) is 18.4. The fourth-order valence-electron chi connectivity index (χ4n) is 3.32. The molecule has 0 radical (unpaired) electrons. The van der Waals surface area contributed by atoms with Gasteiger partial charge in [0.25, 0.3) is 0 Å². The molecule has 28 heavy (non-hydrogen) atoms. The number of rotatable bonds is 5. The van der Waals surface area contributed by atoms with Gasteiger partial charge in [-0.2, -0.15) is 4.98 Å². The molecule has 4 rings (SSSR count). The van der Waals surface area contributed by atoms with Crippen LogP contribution in [0, 0.1) is 13.8 Å². The highest BCUT2D eigenvalue weighted by Crippen LogP contribution is 2.29. The van der Waals surface area contributed by atoms with Crippen LogP contribution in [0.3, 0.4) is 0 Å². The normalized spacial score (nSPS) is 14.0. The van der Waals surface area contributed by atoms with E-state index in [0.29, 0.717) is 5.95 Å². The highest BCUT2D eigenvalue weighted by Gasteiger charge is 2.15. The van der Waals surface area contributed by atoms with Crippen molar-refractivity contribution >= 4 is 28.8 Å². The number of anilines is 5. The molecule has 0 amide bonds. The van der Waals surface area contributed by atoms with E-state index in [1.54, 1.807) is 0 Å². The number of aromatic nitrogens is 2. The van der Waals surface area contributed by atoms with Crippen molar-refractivity contribution in [3.05, 3.63) is 65.9 Å². The lowest BCUT2D eigenvalue weighted by atomic mass is 10.2. The SMILES string of the molecule is Cc1cc(Nc2ccccc2N2CCOCC2)nc(Nc2ccccc2C)n1. The van der Waals surface area contributed by atoms with Crippen molar-refractivity contribution in [2.24, 2.45) is 0 Å². The second-order valence-corrected chi connectivity index (χ2v) is 6.90. The van der Waals surface area contributed by atoms with E-state index in [-0.39, 0.29) is 0 Å². The third-order valence-corrected chi connectivity index (χ3v) is 4.76. The maximum absolute atomic E-state index is 5.49. The van der Waals surface area contributed by atoms with Gasteiger partial charge in [0.2, 0.25) is 5.95 Å². The maximum atomic E-state index is 5.49. The quantitative estimate of drug-likeness (QED) is 0.688. The van der Waals surface area contributed by atoms with Crippen molar-refractivity contribution in [2.75, 3.05) is 41.8 Å². The summed E-state index contributed by atoms with van der Waals surface area (Å²) < 4.78 is 5.49. The summed E-state index contributed by atoms with van der Waals surface area (Å²) in [5.41, 5.74) is 5.25. The summed E-state index contributed by atoms with van der Waals surface area (Å²) in [4.78, 5) is 11.5. The molecule has 0 unspecified atom stereocenters. The van der Waals surface area contributed by atoms with Crippen LogP contribution in [-0.4, -0.2) is 36.3 Å². The molecule has 1 saturated heterocycles. The molecule has 0 saturated carbocycles. The highest BCUT2D eigenvalue weighted by atomic mass is 16.5. The Morgan fingerprint density at radius 3 is 2.36 bits per heavy atom. The van der Waals surface area contributed by atoms with E-state index in [1.165, 1.54) is 0 Å². The average molecular weight is 375 g/mol. The Bertz CT molecular complexity index is 953. The molecule has 6 heteroatoms. The number of nitrogens with one attached hydrogen (secondary N) is 2. The summed E-state index contributed by atoms with van der Waals surface area (Å²) in [6.07, 6.45) is 0. The van der Waals surface area contributed by atoms with Crippen LogP contribution in [0.5, 0.6) is 0 Å². The lowest BCUT2D eigenvalue weighted by Gasteiger charge is -2.30. The zero-order valence-corrected chi connectivity index (χ0v) is 16.3. The van der Waals surface area contributed by atoms with Crippen molar-refractivity contribution in [3.63, 3.8) is 0 Å². The molecule has 0 aliphatic carbocycles. The van der Waals surface area contributed by atoms with Gasteiger partial charge in [-0.25, -0.2) is 4.98 Å². The number of ether oxygens (including phenoxy) is 1. The Morgan fingerprint density at radius 1 is 0.857 bits per heavy atom. The van der Waals surface area contributed by atoms with Gasteiger partial charge in [-0.05, 0) is 37.6 Å². The van der Waals surface area contributed by atoms with Gasteiger partial charge in [-0.1, -0.05) is 30.3 Å². The van der Waals surface area contributed by atoms with Crippen molar-refractivity contribution in [2.45, 2.75) is 13.8 Å². The van der Waals surface area contributed by atoms with E-state index in [0.717, 1.165) is 60.4 Å². The zero-order chi connectivity index (χ0) is 19.3. The zero-order valence-electron chi connectivity index (χ0n) is 16.3. The molecule has 0 bridgehead atoms. The standard InChI is InChI=1S/C22H25N5O/c1-16-7-3-4-8-18(16)25-22-23-17(2)15-21(26-22)24-19-9-5-6-10-20(19)27-11-13-28-14-12-27/h3-10,15H,11-14H2,1-2H3,(H2,23,24,25,26). The van der Waals surface area contributed by atoms with Crippen molar-refractivity contribution in [3.8, 4) is 0 Å². The van der Waals surface area contributed by atoms with Crippen LogP contribution in [0.1, 0.15) is 11.3 Å². The van der Waals surface area contributed by atoms with E-state index in [9.17, 15) is 0 Å². The van der Waals surface area contributed by atoms with Gasteiger partial charge in [-0.15, -0.1) is 0 Å². The smallest absolute Gasteiger partial charge is 0.229 e. The molecule has 6 nitrogen and oxygen atoms in total. The third-order valence-electron chi connectivity index (χ3n) is 4.76. The summed E-state index contributed by atoms with van der Waals surface area (Å²) in [7, 11) is 0. The molecule has 144 valence electrons. The van der Waals surface area contributed by atoms with Gasteiger partial charge >= 0.3 is 0 Å². The first kappa shape index (κ1) is 18.3. The van der Waals surface area contributed by atoms with Gasteiger partial charge in [0, 0.05) is 30.5 Å². The van der Waals surface area contributed by atoms with Crippen LogP contribution in [0.2, 0.25) is 0 Å². The molecular formula is C22H25N5O. The van der Waals surface area contributed by atoms with Crippen molar-refractivity contribution in [1.29, 1.82) is 0 Å². The van der Waals surface area contributed by atoms with Gasteiger partial charge in [-0.3, -0.25) is 0 Å². The number of benzene rings is 2. The fourth-order valence-corrected chi connectivity index (χ4v) is 3.32. The minimum Gasteiger partial charge on any atom is -0.378 e. The Kier molecular flexibility index (Phi) is 5.39.